The predicted molar refractivity (Wildman–Crippen MR) is 361 cm³/mol. The van der Waals surface area contributed by atoms with Crippen molar-refractivity contribution in [2.45, 2.75) is 424 Å². The topological polar surface area (TPSA) is 95.9 Å². The van der Waals surface area contributed by atoms with Crippen molar-refractivity contribution in [1.29, 1.82) is 0 Å². The third kappa shape index (κ3) is 67.2. The number of hydrogen-bond acceptors (Lipinski definition) is 5. The van der Waals surface area contributed by atoms with E-state index in [-0.39, 0.29) is 18.5 Å². The molecule has 0 aliphatic rings. The number of amides is 1. The minimum Gasteiger partial charge on any atom is -0.466 e. The van der Waals surface area contributed by atoms with Crippen LogP contribution in [0.25, 0.3) is 0 Å². The van der Waals surface area contributed by atoms with Crippen LogP contribution in [0.4, 0.5) is 0 Å². The van der Waals surface area contributed by atoms with Crippen LogP contribution in [-0.2, 0) is 14.3 Å². The Hall–Kier alpha value is -1.92. The van der Waals surface area contributed by atoms with E-state index in [1.54, 1.807) is 0 Å². The van der Waals surface area contributed by atoms with Crippen LogP contribution in [0.15, 0.2) is 36.5 Å². The number of nitrogens with one attached hydrogen (secondary N) is 1. The number of aliphatic hydroxyl groups is 2. The van der Waals surface area contributed by atoms with Crippen LogP contribution in [-0.4, -0.2) is 47.4 Å². The molecular weight excluding hydrogens is 1010 g/mol. The van der Waals surface area contributed by atoms with Gasteiger partial charge in [-0.3, -0.25) is 9.59 Å². The minimum absolute atomic E-state index is 0.00353. The molecule has 0 aliphatic heterocycles. The molecule has 3 N–H and O–H groups in total. The van der Waals surface area contributed by atoms with Gasteiger partial charge in [0.2, 0.25) is 5.91 Å². The number of hydrogen-bond donors (Lipinski definition) is 3. The van der Waals surface area contributed by atoms with Crippen molar-refractivity contribution in [2.24, 2.45) is 0 Å². The zero-order valence-corrected chi connectivity index (χ0v) is 55.5. The van der Waals surface area contributed by atoms with Crippen LogP contribution < -0.4 is 5.32 Å². The Labute approximate surface area is 513 Å². The van der Waals surface area contributed by atoms with E-state index in [1.165, 1.54) is 327 Å². The average Bonchev–Trinajstić information content (AvgIpc) is 3.48. The molecule has 0 rings (SSSR count). The largest absolute Gasteiger partial charge is 0.466 e. The van der Waals surface area contributed by atoms with Gasteiger partial charge in [-0.2, -0.15) is 0 Å². The first kappa shape index (κ1) is 80.1. The van der Waals surface area contributed by atoms with Gasteiger partial charge < -0.3 is 20.3 Å². The normalized spacial score (nSPS) is 12.7. The van der Waals surface area contributed by atoms with Crippen molar-refractivity contribution in [3.8, 4) is 0 Å². The van der Waals surface area contributed by atoms with E-state index in [1.807, 2.05) is 0 Å². The van der Waals surface area contributed by atoms with Crippen LogP contribution in [0.5, 0.6) is 0 Å². The maximum absolute atomic E-state index is 12.6. The van der Waals surface area contributed by atoms with E-state index < -0.39 is 12.1 Å². The number of esters is 1. The molecule has 82 heavy (non-hydrogen) atoms. The van der Waals surface area contributed by atoms with E-state index in [2.05, 4.69) is 55.6 Å². The van der Waals surface area contributed by atoms with E-state index in [0.717, 1.165) is 51.4 Å². The number of carbonyl (C=O) groups is 2. The van der Waals surface area contributed by atoms with Crippen molar-refractivity contribution in [2.75, 3.05) is 13.2 Å². The second-order valence-electron chi connectivity index (χ2n) is 25.6. The molecule has 1 amide bonds. The smallest absolute Gasteiger partial charge is 0.305 e. The highest BCUT2D eigenvalue weighted by molar-refractivity contribution is 5.76. The zero-order valence-electron chi connectivity index (χ0n) is 55.5. The Bertz CT molecular complexity index is 1330. The fraction of sp³-hybridized carbons (Fsp3) is 0.895. The maximum atomic E-state index is 12.6. The Morgan fingerprint density at radius 2 is 0.610 bits per heavy atom. The van der Waals surface area contributed by atoms with Gasteiger partial charge in [0, 0.05) is 12.8 Å². The lowest BCUT2D eigenvalue weighted by Crippen LogP contribution is -2.45. The molecule has 6 nitrogen and oxygen atoms in total. The standard InChI is InChI=1S/C76H145NO5/c1-3-5-7-9-11-13-15-17-18-19-20-21-33-36-39-42-45-48-52-56-60-64-68-74(79)73(72-78)77-75(80)69-65-61-57-53-49-46-43-40-37-34-31-29-27-25-23-22-24-26-28-30-32-35-38-41-44-47-51-55-59-63-67-71-82-76(81)70-66-62-58-54-50-16-14-12-10-8-6-4-2/h12,14,24,26,30,32,73-74,78-79H,3-11,13,15-23,25,27-29,31,33-72H2,1-2H3,(H,77,80)/b14-12-,26-24-,32-30-. The van der Waals surface area contributed by atoms with Gasteiger partial charge in [0.15, 0.2) is 0 Å². The van der Waals surface area contributed by atoms with Crippen molar-refractivity contribution in [1.82, 2.24) is 5.32 Å². The molecule has 0 aromatic heterocycles. The van der Waals surface area contributed by atoms with Crippen molar-refractivity contribution >= 4 is 11.9 Å². The molecule has 484 valence electrons. The molecule has 6 heteroatoms. The fourth-order valence-corrected chi connectivity index (χ4v) is 11.7. The van der Waals surface area contributed by atoms with Gasteiger partial charge in [0.05, 0.1) is 25.4 Å². The number of aliphatic hydroxyl groups excluding tert-OH is 2. The second kappa shape index (κ2) is 71.6. The predicted octanol–water partition coefficient (Wildman–Crippen LogP) is 24.3. The minimum atomic E-state index is -0.665. The van der Waals surface area contributed by atoms with E-state index in [4.69, 9.17) is 4.74 Å². The van der Waals surface area contributed by atoms with Gasteiger partial charge in [0.1, 0.15) is 0 Å². The van der Waals surface area contributed by atoms with Crippen molar-refractivity contribution < 1.29 is 24.5 Å². The summed E-state index contributed by atoms with van der Waals surface area (Å²) in [5.41, 5.74) is 0. The summed E-state index contributed by atoms with van der Waals surface area (Å²) in [6, 6.07) is -0.542. The summed E-state index contributed by atoms with van der Waals surface area (Å²) in [5, 5.41) is 23.4. The van der Waals surface area contributed by atoms with Crippen molar-refractivity contribution in [3.05, 3.63) is 36.5 Å². The van der Waals surface area contributed by atoms with E-state index in [9.17, 15) is 19.8 Å². The summed E-state index contributed by atoms with van der Waals surface area (Å²) >= 11 is 0. The molecule has 0 aliphatic carbocycles. The number of allylic oxidation sites excluding steroid dienone is 6. The highest BCUT2D eigenvalue weighted by Crippen LogP contribution is 2.19. The first-order valence-corrected chi connectivity index (χ1v) is 37.2. The summed E-state index contributed by atoms with van der Waals surface area (Å²) in [4.78, 5) is 24.6. The molecule has 0 spiro atoms. The first-order valence-electron chi connectivity index (χ1n) is 37.2. The Balaban J connectivity index is 3.40. The Morgan fingerprint density at radius 3 is 0.963 bits per heavy atom. The number of unbranched alkanes of at least 4 members (excludes halogenated alkanes) is 53. The number of carbonyl (C=O) groups excluding carboxylic acids is 2. The molecule has 0 fully saturated rings. The summed E-state index contributed by atoms with van der Waals surface area (Å²) in [6.07, 6.45) is 92.1. The van der Waals surface area contributed by atoms with Crippen molar-refractivity contribution in [3.63, 3.8) is 0 Å². The van der Waals surface area contributed by atoms with Crippen LogP contribution in [0.3, 0.4) is 0 Å². The molecule has 0 bridgehead atoms. The third-order valence-corrected chi connectivity index (χ3v) is 17.4. The van der Waals surface area contributed by atoms with Gasteiger partial charge in [-0.25, -0.2) is 0 Å². The number of ether oxygens (including phenoxy) is 1. The highest BCUT2D eigenvalue weighted by atomic mass is 16.5. The lowest BCUT2D eigenvalue weighted by Gasteiger charge is -2.22. The molecule has 0 saturated carbocycles. The average molecular weight is 1150 g/mol. The fourth-order valence-electron chi connectivity index (χ4n) is 11.7. The molecular formula is C76H145NO5. The lowest BCUT2D eigenvalue weighted by molar-refractivity contribution is -0.143. The molecule has 2 unspecified atom stereocenters. The summed E-state index contributed by atoms with van der Waals surface area (Å²) in [6.45, 7) is 4.96. The quantitative estimate of drug-likeness (QED) is 0.0320. The summed E-state index contributed by atoms with van der Waals surface area (Å²) < 4.78 is 5.47. The maximum Gasteiger partial charge on any atom is 0.305 e. The van der Waals surface area contributed by atoms with Gasteiger partial charge in [0.25, 0.3) is 0 Å². The summed E-state index contributed by atoms with van der Waals surface area (Å²) in [5.74, 6) is -0.0262. The molecule has 0 radical (unpaired) electrons. The molecule has 0 saturated heterocycles. The second-order valence-corrected chi connectivity index (χ2v) is 25.6. The summed E-state index contributed by atoms with van der Waals surface area (Å²) in [7, 11) is 0. The molecule has 0 aromatic rings. The van der Waals surface area contributed by atoms with Crippen LogP contribution in [0.2, 0.25) is 0 Å². The Morgan fingerprint density at radius 1 is 0.341 bits per heavy atom. The van der Waals surface area contributed by atoms with E-state index >= 15 is 0 Å². The Kier molecular flexibility index (Phi) is 69.9. The third-order valence-electron chi connectivity index (χ3n) is 17.4. The first-order chi connectivity index (χ1) is 40.5. The molecule has 0 heterocycles. The van der Waals surface area contributed by atoms with Crippen LogP contribution >= 0.6 is 0 Å². The van der Waals surface area contributed by atoms with Gasteiger partial charge >= 0.3 is 5.97 Å². The van der Waals surface area contributed by atoms with Crippen LogP contribution in [0, 0.1) is 0 Å². The number of rotatable bonds is 70. The lowest BCUT2D eigenvalue weighted by atomic mass is 10.0. The van der Waals surface area contributed by atoms with Gasteiger partial charge in [-0.1, -0.05) is 352 Å². The van der Waals surface area contributed by atoms with Crippen LogP contribution in [0.1, 0.15) is 412 Å². The highest BCUT2D eigenvalue weighted by Gasteiger charge is 2.20. The SMILES string of the molecule is CCCCC/C=C\CCCCCCCC(=O)OCCCCCCCCCCC/C=C\C/C=C\CCCCCCCCCCCCCCCCCC(=O)NC(CO)C(O)CCCCCCCCCCCCCCCCCCCCCCCC. The monoisotopic (exact) mass is 1150 g/mol. The molecule has 2 atom stereocenters. The van der Waals surface area contributed by atoms with E-state index in [0.29, 0.717) is 25.9 Å². The van der Waals surface area contributed by atoms with Gasteiger partial charge in [-0.15, -0.1) is 0 Å². The zero-order chi connectivity index (χ0) is 59.2. The molecule has 0 aromatic carbocycles. The van der Waals surface area contributed by atoms with Gasteiger partial charge in [-0.05, 0) is 83.5 Å².